The third-order valence-corrected chi connectivity index (χ3v) is 3.64. The number of aromatic nitrogens is 1. The summed E-state index contributed by atoms with van der Waals surface area (Å²) in [6.45, 7) is 2.75. The first-order valence-corrected chi connectivity index (χ1v) is 7.43. The molecule has 1 aromatic carbocycles. The molecule has 21 heavy (non-hydrogen) atoms. The fourth-order valence-corrected chi connectivity index (χ4v) is 2.49. The molecule has 0 atom stereocenters. The molecule has 1 heterocycles. The molecule has 0 unspecified atom stereocenters. The van der Waals surface area contributed by atoms with E-state index in [1.165, 1.54) is 11.3 Å². The molecule has 0 fully saturated rings. The Balaban J connectivity index is 2.08. The molecule has 0 bridgehead atoms. The summed E-state index contributed by atoms with van der Waals surface area (Å²) in [5, 5.41) is 2.68. The Hall–Kier alpha value is -2.16. The standard InChI is InChI=1S/C16H17N3OS/c1-12-18-15(11-21-12)16(20)19(2)10-14-6-3-5-13(9-14)7-4-8-17/h3,5-6,9,11H,8,10,17H2,1-2H3. The molecule has 0 aliphatic heterocycles. The number of thiazole rings is 1. The monoisotopic (exact) mass is 299 g/mol. The van der Waals surface area contributed by atoms with Crippen molar-refractivity contribution in [1.82, 2.24) is 9.88 Å². The summed E-state index contributed by atoms with van der Waals surface area (Å²) in [6, 6.07) is 7.81. The number of rotatable bonds is 3. The molecule has 0 aliphatic carbocycles. The van der Waals surface area contributed by atoms with Crippen molar-refractivity contribution in [2.24, 2.45) is 5.73 Å². The molecule has 108 valence electrons. The number of hydrogen-bond acceptors (Lipinski definition) is 4. The average molecular weight is 299 g/mol. The number of nitrogens with two attached hydrogens (primary N) is 1. The minimum absolute atomic E-state index is 0.0715. The molecule has 2 aromatic rings. The fraction of sp³-hybridized carbons (Fsp3) is 0.250. The van der Waals surface area contributed by atoms with Crippen LogP contribution in [0.4, 0.5) is 0 Å². The van der Waals surface area contributed by atoms with Crippen molar-refractivity contribution in [2.75, 3.05) is 13.6 Å². The highest BCUT2D eigenvalue weighted by atomic mass is 32.1. The van der Waals surface area contributed by atoms with Crippen LogP contribution in [0.1, 0.15) is 26.6 Å². The predicted molar refractivity (Wildman–Crippen MR) is 85.0 cm³/mol. The third-order valence-electron chi connectivity index (χ3n) is 2.87. The molecule has 0 saturated heterocycles. The third kappa shape index (κ3) is 4.15. The van der Waals surface area contributed by atoms with Gasteiger partial charge in [0.2, 0.25) is 0 Å². The van der Waals surface area contributed by atoms with Gasteiger partial charge in [0.1, 0.15) is 5.69 Å². The normalized spacial score (nSPS) is 9.86. The topological polar surface area (TPSA) is 59.2 Å². The number of nitrogens with zero attached hydrogens (tertiary/aromatic N) is 2. The Bertz CT molecular complexity index is 697. The molecule has 0 spiro atoms. The van der Waals surface area contributed by atoms with Gasteiger partial charge in [0.05, 0.1) is 11.6 Å². The Morgan fingerprint density at radius 1 is 1.48 bits per heavy atom. The lowest BCUT2D eigenvalue weighted by molar-refractivity contribution is 0.0780. The highest BCUT2D eigenvalue weighted by Crippen LogP contribution is 2.12. The molecule has 0 radical (unpaired) electrons. The smallest absolute Gasteiger partial charge is 0.273 e. The van der Waals surface area contributed by atoms with Gasteiger partial charge >= 0.3 is 0 Å². The van der Waals surface area contributed by atoms with E-state index in [0.29, 0.717) is 18.8 Å². The molecule has 1 aromatic heterocycles. The van der Waals surface area contributed by atoms with Crippen LogP contribution in [-0.2, 0) is 6.54 Å². The molecule has 0 aliphatic rings. The second kappa shape index (κ2) is 7.02. The second-order valence-electron chi connectivity index (χ2n) is 4.62. The van der Waals surface area contributed by atoms with Crippen molar-refractivity contribution in [2.45, 2.75) is 13.5 Å². The SMILES string of the molecule is Cc1nc(C(=O)N(C)Cc2cccc(C#CCN)c2)cs1. The summed E-state index contributed by atoms with van der Waals surface area (Å²) in [6.07, 6.45) is 0. The van der Waals surface area contributed by atoms with Gasteiger partial charge in [-0.05, 0) is 24.6 Å². The number of benzene rings is 1. The quantitative estimate of drug-likeness (QED) is 0.882. The van der Waals surface area contributed by atoms with Crippen LogP contribution < -0.4 is 5.73 Å². The first kappa shape index (κ1) is 15.2. The maximum atomic E-state index is 12.2. The lowest BCUT2D eigenvalue weighted by Gasteiger charge is -2.16. The first-order valence-electron chi connectivity index (χ1n) is 6.55. The molecule has 4 nitrogen and oxygen atoms in total. The van der Waals surface area contributed by atoms with Crippen molar-refractivity contribution in [3.05, 3.63) is 51.5 Å². The molecular weight excluding hydrogens is 282 g/mol. The highest BCUT2D eigenvalue weighted by molar-refractivity contribution is 7.09. The summed E-state index contributed by atoms with van der Waals surface area (Å²) in [7, 11) is 1.77. The second-order valence-corrected chi connectivity index (χ2v) is 5.68. The first-order chi connectivity index (χ1) is 10.1. The molecule has 2 N–H and O–H groups in total. The van der Waals surface area contributed by atoms with Crippen molar-refractivity contribution in [3.8, 4) is 11.8 Å². The van der Waals surface area contributed by atoms with E-state index >= 15 is 0 Å². The Labute approximate surface area is 128 Å². The predicted octanol–water partition coefficient (Wildman–Crippen LogP) is 2.03. The van der Waals surface area contributed by atoms with Crippen molar-refractivity contribution in [3.63, 3.8) is 0 Å². The summed E-state index contributed by atoms with van der Waals surface area (Å²) in [5.41, 5.74) is 7.80. The largest absolute Gasteiger partial charge is 0.336 e. The van der Waals surface area contributed by atoms with E-state index in [1.807, 2.05) is 31.2 Å². The van der Waals surface area contributed by atoms with Crippen LogP contribution in [0.25, 0.3) is 0 Å². The molecular formula is C16H17N3OS. The minimum atomic E-state index is -0.0715. The average Bonchev–Trinajstić information content (AvgIpc) is 2.91. The Kier molecular flexibility index (Phi) is 5.09. The number of carbonyl (C=O) groups is 1. The zero-order chi connectivity index (χ0) is 15.2. The van der Waals surface area contributed by atoms with Gasteiger partial charge in [-0.25, -0.2) is 4.98 Å². The van der Waals surface area contributed by atoms with Gasteiger partial charge < -0.3 is 10.6 Å². The maximum Gasteiger partial charge on any atom is 0.273 e. The van der Waals surface area contributed by atoms with Gasteiger partial charge in [-0.2, -0.15) is 0 Å². The Morgan fingerprint density at radius 2 is 2.29 bits per heavy atom. The van der Waals surface area contributed by atoms with Crippen LogP contribution in [0.5, 0.6) is 0 Å². The van der Waals surface area contributed by atoms with Gasteiger partial charge in [-0.1, -0.05) is 24.0 Å². The van der Waals surface area contributed by atoms with E-state index in [2.05, 4.69) is 16.8 Å². The van der Waals surface area contributed by atoms with E-state index in [4.69, 9.17) is 5.73 Å². The van der Waals surface area contributed by atoms with Crippen LogP contribution in [0, 0.1) is 18.8 Å². The highest BCUT2D eigenvalue weighted by Gasteiger charge is 2.14. The zero-order valence-corrected chi connectivity index (χ0v) is 12.9. The number of hydrogen-bond donors (Lipinski definition) is 1. The van der Waals surface area contributed by atoms with Gasteiger partial charge in [-0.3, -0.25) is 4.79 Å². The van der Waals surface area contributed by atoms with Crippen molar-refractivity contribution < 1.29 is 4.79 Å². The van der Waals surface area contributed by atoms with Crippen LogP contribution in [0.2, 0.25) is 0 Å². The lowest BCUT2D eigenvalue weighted by Crippen LogP contribution is -2.26. The molecule has 5 heteroatoms. The van der Waals surface area contributed by atoms with Crippen molar-refractivity contribution in [1.29, 1.82) is 0 Å². The summed E-state index contributed by atoms with van der Waals surface area (Å²) in [5.74, 6) is 5.75. The van der Waals surface area contributed by atoms with Crippen molar-refractivity contribution >= 4 is 17.2 Å². The zero-order valence-electron chi connectivity index (χ0n) is 12.1. The van der Waals surface area contributed by atoms with Crippen LogP contribution >= 0.6 is 11.3 Å². The van der Waals surface area contributed by atoms with E-state index in [9.17, 15) is 4.79 Å². The Morgan fingerprint density at radius 3 is 2.95 bits per heavy atom. The van der Waals surface area contributed by atoms with E-state index in [1.54, 1.807) is 17.3 Å². The van der Waals surface area contributed by atoms with Gasteiger partial charge in [-0.15, -0.1) is 11.3 Å². The maximum absolute atomic E-state index is 12.2. The number of carbonyl (C=O) groups excluding carboxylic acids is 1. The van der Waals surface area contributed by atoms with E-state index in [0.717, 1.165) is 16.1 Å². The lowest BCUT2D eigenvalue weighted by atomic mass is 10.1. The van der Waals surface area contributed by atoms with Crippen LogP contribution in [-0.4, -0.2) is 29.4 Å². The van der Waals surface area contributed by atoms with Gasteiger partial charge in [0.15, 0.2) is 0 Å². The minimum Gasteiger partial charge on any atom is -0.336 e. The van der Waals surface area contributed by atoms with Gasteiger partial charge in [0, 0.05) is 24.5 Å². The van der Waals surface area contributed by atoms with Crippen LogP contribution in [0.15, 0.2) is 29.6 Å². The van der Waals surface area contributed by atoms with E-state index in [-0.39, 0.29) is 5.91 Å². The van der Waals surface area contributed by atoms with Crippen LogP contribution in [0.3, 0.4) is 0 Å². The summed E-state index contributed by atoms with van der Waals surface area (Å²) >= 11 is 1.48. The molecule has 2 rings (SSSR count). The summed E-state index contributed by atoms with van der Waals surface area (Å²) < 4.78 is 0. The van der Waals surface area contributed by atoms with E-state index < -0.39 is 0 Å². The van der Waals surface area contributed by atoms with Gasteiger partial charge in [0.25, 0.3) is 5.91 Å². The molecule has 0 saturated carbocycles. The number of aryl methyl sites for hydroxylation is 1. The fourth-order valence-electron chi connectivity index (χ4n) is 1.90. The molecule has 1 amide bonds. The summed E-state index contributed by atoms with van der Waals surface area (Å²) in [4.78, 5) is 18.1. The number of amides is 1.